The van der Waals surface area contributed by atoms with Gasteiger partial charge >= 0.3 is 5.97 Å². The number of hydrogen-bond donors (Lipinski definition) is 1. The predicted molar refractivity (Wildman–Crippen MR) is 69.5 cm³/mol. The van der Waals surface area contributed by atoms with E-state index in [-0.39, 0.29) is 0 Å². The minimum Gasteiger partial charge on any atom is -0.481 e. The van der Waals surface area contributed by atoms with Crippen molar-refractivity contribution in [2.45, 2.75) is 50.6 Å². The van der Waals surface area contributed by atoms with Crippen LogP contribution in [0, 0.1) is 5.92 Å². The van der Waals surface area contributed by atoms with Gasteiger partial charge in [0.2, 0.25) is 0 Å². The molecule has 1 N–H and O–H groups in total. The summed E-state index contributed by atoms with van der Waals surface area (Å²) in [4.78, 5) is 16.0. The van der Waals surface area contributed by atoms with Crippen LogP contribution in [0.4, 0.5) is 0 Å². The predicted octanol–water partition coefficient (Wildman–Crippen LogP) is 1.41. The Morgan fingerprint density at radius 1 is 1.00 bits per heavy atom. The summed E-state index contributed by atoms with van der Waals surface area (Å²) in [6.07, 6.45) is 6.72. The molecule has 0 spiro atoms. The standard InChI is InChI=1S/C14H24N2O2/c17-14(18)8-11-2-1-6-15(9-11)13-5-7-16(10-13)12-3-4-12/h11-13H,1-10H2,(H,17,18). The first-order valence-corrected chi connectivity index (χ1v) is 7.42. The number of rotatable bonds is 4. The Labute approximate surface area is 109 Å². The fourth-order valence-electron chi connectivity index (χ4n) is 3.68. The Morgan fingerprint density at radius 3 is 2.50 bits per heavy atom. The molecule has 2 unspecified atom stereocenters. The van der Waals surface area contributed by atoms with Crippen LogP contribution < -0.4 is 0 Å². The lowest BCUT2D eigenvalue weighted by atomic mass is 9.93. The molecule has 2 saturated heterocycles. The summed E-state index contributed by atoms with van der Waals surface area (Å²) in [7, 11) is 0. The van der Waals surface area contributed by atoms with Crippen LogP contribution >= 0.6 is 0 Å². The van der Waals surface area contributed by atoms with Gasteiger partial charge < -0.3 is 5.11 Å². The van der Waals surface area contributed by atoms with Crippen LogP contribution in [0.3, 0.4) is 0 Å². The molecule has 3 fully saturated rings. The lowest BCUT2D eigenvalue weighted by Gasteiger charge is -2.36. The monoisotopic (exact) mass is 252 g/mol. The van der Waals surface area contributed by atoms with E-state index >= 15 is 0 Å². The number of carboxylic acid groups (broad SMARTS) is 1. The van der Waals surface area contributed by atoms with Gasteiger partial charge in [-0.2, -0.15) is 0 Å². The summed E-state index contributed by atoms with van der Waals surface area (Å²) in [6, 6.07) is 1.58. The number of carboxylic acids is 1. The van der Waals surface area contributed by atoms with Crippen molar-refractivity contribution in [2.75, 3.05) is 26.2 Å². The molecular weight excluding hydrogens is 228 g/mol. The van der Waals surface area contributed by atoms with E-state index < -0.39 is 5.97 Å². The van der Waals surface area contributed by atoms with Gasteiger partial charge in [0.25, 0.3) is 0 Å². The number of piperidine rings is 1. The van der Waals surface area contributed by atoms with Crippen LogP contribution in [-0.4, -0.2) is 59.1 Å². The van der Waals surface area contributed by atoms with Gasteiger partial charge in [-0.3, -0.25) is 14.6 Å². The average Bonchev–Trinajstić information content (AvgIpc) is 3.07. The minimum atomic E-state index is -0.632. The molecular formula is C14H24N2O2. The molecule has 102 valence electrons. The zero-order valence-corrected chi connectivity index (χ0v) is 11.1. The molecule has 3 aliphatic rings. The fourth-order valence-corrected chi connectivity index (χ4v) is 3.68. The van der Waals surface area contributed by atoms with E-state index in [1.165, 1.54) is 45.3 Å². The molecule has 0 aromatic carbocycles. The van der Waals surface area contributed by atoms with Crippen LogP contribution in [0.1, 0.15) is 38.5 Å². The summed E-state index contributed by atoms with van der Waals surface area (Å²) in [6.45, 7) is 4.68. The zero-order chi connectivity index (χ0) is 12.5. The normalized spacial score (nSPS) is 34.9. The van der Waals surface area contributed by atoms with Crippen molar-refractivity contribution in [3.63, 3.8) is 0 Å². The van der Waals surface area contributed by atoms with Gasteiger partial charge in [-0.15, -0.1) is 0 Å². The molecule has 1 saturated carbocycles. The first-order chi connectivity index (χ1) is 8.72. The summed E-state index contributed by atoms with van der Waals surface area (Å²) < 4.78 is 0. The molecule has 3 rings (SSSR count). The molecule has 2 heterocycles. The van der Waals surface area contributed by atoms with Crippen LogP contribution in [0.5, 0.6) is 0 Å². The molecule has 4 heteroatoms. The van der Waals surface area contributed by atoms with E-state index in [0.717, 1.165) is 19.0 Å². The van der Waals surface area contributed by atoms with Gasteiger partial charge in [-0.1, -0.05) is 0 Å². The van der Waals surface area contributed by atoms with Crippen LogP contribution in [0.2, 0.25) is 0 Å². The van der Waals surface area contributed by atoms with Gasteiger partial charge in [0.15, 0.2) is 0 Å². The highest BCUT2D eigenvalue weighted by molar-refractivity contribution is 5.67. The third-order valence-electron chi connectivity index (χ3n) is 4.79. The fraction of sp³-hybridized carbons (Fsp3) is 0.929. The number of carbonyl (C=O) groups is 1. The quantitative estimate of drug-likeness (QED) is 0.821. The van der Waals surface area contributed by atoms with E-state index in [9.17, 15) is 4.79 Å². The maximum atomic E-state index is 10.8. The van der Waals surface area contributed by atoms with E-state index in [1.807, 2.05) is 0 Å². The largest absolute Gasteiger partial charge is 0.481 e. The number of likely N-dealkylation sites (tertiary alicyclic amines) is 2. The van der Waals surface area contributed by atoms with Gasteiger partial charge in [0, 0.05) is 38.1 Å². The summed E-state index contributed by atoms with van der Waals surface area (Å²) >= 11 is 0. The molecule has 0 aromatic rings. The Hall–Kier alpha value is -0.610. The zero-order valence-electron chi connectivity index (χ0n) is 11.1. The molecule has 2 atom stereocenters. The Balaban J connectivity index is 1.51. The maximum absolute atomic E-state index is 10.8. The van der Waals surface area contributed by atoms with E-state index in [0.29, 0.717) is 18.4 Å². The van der Waals surface area contributed by atoms with Crippen molar-refractivity contribution in [3.8, 4) is 0 Å². The van der Waals surface area contributed by atoms with Gasteiger partial charge in [0.1, 0.15) is 0 Å². The number of aliphatic carboxylic acids is 1. The second-order valence-corrected chi connectivity index (χ2v) is 6.27. The molecule has 4 nitrogen and oxygen atoms in total. The third-order valence-corrected chi connectivity index (χ3v) is 4.79. The lowest BCUT2D eigenvalue weighted by molar-refractivity contribution is -0.138. The summed E-state index contributed by atoms with van der Waals surface area (Å²) in [5, 5.41) is 8.91. The molecule has 1 aliphatic carbocycles. The topological polar surface area (TPSA) is 43.8 Å². The van der Waals surface area contributed by atoms with Crippen molar-refractivity contribution < 1.29 is 9.90 Å². The molecule has 0 bridgehead atoms. The first-order valence-electron chi connectivity index (χ1n) is 7.42. The Kier molecular flexibility index (Phi) is 3.57. The average molecular weight is 252 g/mol. The van der Waals surface area contributed by atoms with E-state index in [1.54, 1.807) is 0 Å². The van der Waals surface area contributed by atoms with Crippen LogP contribution in [0.15, 0.2) is 0 Å². The van der Waals surface area contributed by atoms with Crippen LogP contribution in [0.25, 0.3) is 0 Å². The highest BCUT2D eigenvalue weighted by Crippen LogP contribution is 2.32. The number of hydrogen-bond acceptors (Lipinski definition) is 3. The molecule has 0 radical (unpaired) electrons. The smallest absolute Gasteiger partial charge is 0.303 e. The Morgan fingerprint density at radius 2 is 1.78 bits per heavy atom. The van der Waals surface area contributed by atoms with E-state index in [4.69, 9.17) is 5.11 Å². The first kappa shape index (κ1) is 12.4. The van der Waals surface area contributed by atoms with Crippen molar-refractivity contribution >= 4 is 5.97 Å². The lowest BCUT2D eigenvalue weighted by Crippen LogP contribution is -2.44. The Bertz CT molecular complexity index is 317. The number of nitrogens with zero attached hydrogens (tertiary/aromatic N) is 2. The second kappa shape index (κ2) is 5.17. The van der Waals surface area contributed by atoms with E-state index in [2.05, 4.69) is 9.80 Å². The second-order valence-electron chi connectivity index (χ2n) is 6.27. The molecule has 18 heavy (non-hydrogen) atoms. The van der Waals surface area contributed by atoms with Crippen molar-refractivity contribution in [1.29, 1.82) is 0 Å². The summed E-state index contributed by atoms with van der Waals surface area (Å²) in [5.41, 5.74) is 0. The van der Waals surface area contributed by atoms with Crippen molar-refractivity contribution in [3.05, 3.63) is 0 Å². The molecule has 2 aliphatic heterocycles. The molecule has 0 amide bonds. The van der Waals surface area contributed by atoms with Gasteiger partial charge in [-0.25, -0.2) is 0 Å². The highest BCUT2D eigenvalue weighted by atomic mass is 16.4. The van der Waals surface area contributed by atoms with Gasteiger partial charge in [-0.05, 0) is 44.6 Å². The third kappa shape index (κ3) is 2.86. The minimum absolute atomic E-state index is 0.357. The van der Waals surface area contributed by atoms with Crippen molar-refractivity contribution in [2.24, 2.45) is 5.92 Å². The molecule has 0 aromatic heterocycles. The SMILES string of the molecule is O=C(O)CC1CCCN(C2CCN(C3CC3)C2)C1. The maximum Gasteiger partial charge on any atom is 0.303 e. The van der Waals surface area contributed by atoms with Crippen molar-refractivity contribution in [1.82, 2.24) is 9.80 Å². The van der Waals surface area contributed by atoms with Gasteiger partial charge in [0.05, 0.1) is 0 Å². The highest BCUT2D eigenvalue weighted by Gasteiger charge is 2.37. The van der Waals surface area contributed by atoms with Crippen LogP contribution in [-0.2, 0) is 4.79 Å². The summed E-state index contributed by atoms with van der Waals surface area (Å²) in [5.74, 6) is -0.251.